The van der Waals surface area contributed by atoms with Crippen LogP contribution in [0.3, 0.4) is 0 Å². The number of hydrogen-bond acceptors (Lipinski definition) is 3. The van der Waals surface area contributed by atoms with Crippen molar-refractivity contribution in [3.63, 3.8) is 0 Å². The molecule has 0 heterocycles. The maximum atomic E-state index is 11.5. The second-order valence-corrected chi connectivity index (χ2v) is 3.78. The van der Waals surface area contributed by atoms with Crippen LogP contribution >= 0.6 is 0 Å². The van der Waals surface area contributed by atoms with Crippen molar-refractivity contribution in [1.82, 2.24) is 5.32 Å². The minimum absolute atomic E-state index is 0.0320. The molecule has 0 bridgehead atoms. The van der Waals surface area contributed by atoms with Crippen molar-refractivity contribution in [3.05, 3.63) is 0 Å². The monoisotopic (exact) mass is 215 g/mol. The molecule has 1 N–H and O–H groups in total. The number of esters is 1. The zero-order valence-corrected chi connectivity index (χ0v) is 10.3. The molecule has 3 nitrogen and oxygen atoms in total. The van der Waals surface area contributed by atoms with Gasteiger partial charge in [-0.15, -0.1) is 0 Å². The highest BCUT2D eigenvalue weighted by Gasteiger charge is 2.14. The average molecular weight is 215 g/mol. The molecule has 90 valence electrons. The predicted molar refractivity (Wildman–Crippen MR) is 62.8 cm³/mol. The summed E-state index contributed by atoms with van der Waals surface area (Å²) in [4.78, 5) is 11.5. The van der Waals surface area contributed by atoms with Crippen LogP contribution < -0.4 is 5.32 Å². The number of nitrogens with one attached hydrogen (secondary N) is 1. The lowest BCUT2D eigenvalue weighted by molar-refractivity contribution is -0.148. The van der Waals surface area contributed by atoms with E-state index < -0.39 is 0 Å². The van der Waals surface area contributed by atoms with Crippen LogP contribution in [0.4, 0.5) is 0 Å². The van der Waals surface area contributed by atoms with Crippen LogP contribution in [0, 0.1) is 5.92 Å². The Morgan fingerprint density at radius 1 is 1.20 bits per heavy atom. The minimum Gasteiger partial charge on any atom is -0.465 e. The van der Waals surface area contributed by atoms with Gasteiger partial charge in [-0.3, -0.25) is 4.79 Å². The van der Waals surface area contributed by atoms with Crippen molar-refractivity contribution in [2.45, 2.75) is 46.5 Å². The van der Waals surface area contributed by atoms with Crippen LogP contribution in [0.2, 0.25) is 0 Å². The molecule has 0 saturated heterocycles. The Balaban J connectivity index is 3.38. The fourth-order valence-electron chi connectivity index (χ4n) is 1.41. The van der Waals surface area contributed by atoms with Gasteiger partial charge >= 0.3 is 5.97 Å². The summed E-state index contributed by atoms with van der Waals surface area (Å²) in [5.74, 6) is 0.0593. The summed E-state index contributed by atoms with van der Waals surface area (Å²) in [5, 5.41) is 3.27. The molecule has 0 atom stereocenters. The Morgan fingerprint density at radius 2 is 1.87 bits per heavy atom. The maximum Gasteiger partial charge on any atom is 0.308 e. The lowest BCUT2D eigenvalue weighted by Gasteiger charge is -2.11. The quantitative estimate of drug-likeness (QED) is 0.474. The Bertz CT molecular complexity index is 156. The summed E-state index contributed by atoms with van der Waals surface area (Å²) < 4.78 is 5.19. The zero-order chi connectivity index (χ0) is 11.5. The molecule has 15 heavy (non-hydrogen) atoms. The molecule has 0 aliphatic carbocycles. The van der Waals surface area contributed by atoms with Gasteiger partial charge in [0, 0.05) is 0 Å². The standard InChI is InChI=1S/C12H25NO2/c1-4-8-13-9-7-10-15-12(14)11(5-2)6-3/h11,13H,4-10H2,1-3H3. The summed E-state index contributed by atoms with van der Waals surface area (Å²) in [6.07, 6.45) is 3.81. The molecule has 0 unspecified atom stereocenters. The molecule has 0 aromatic heterocycles. The highest BCUT2D eigenvalue weighted by molar-refractivity contribution is 5.72. The number of rotatable bonds is 9. The van der Waals surface area contributed by atoms with Gasteiger partial charge in [0.1, 0.15) is 0 Å². The van der Waals surface area contributed by atoms with E-state index in [4.69, 9.17) is 4.74 Å². The van der Waals surface area contributed by atoms with Gasteiger partial charge in [-0.05, 0) is 38.8 Å². The second-order valence-electron chi connectivity index (χ2n) is 3.78. The fourth-order valence-corrected chi connectivity index (χ4v) is 1.41. The fraction of sp³-hybridized carbons (Fsp3) is 0.917. The molecule has 0 aliphatic heterocycles. The minimum atomic E-state index is -0.0320. The van der Waals surface area contributed by atoms with E-state index in [1.54, 1.807) is 0 Å². The first kappa shape index (κ1) is 14.4. The highest BCUT2D eigenvalue weighted by atomic mass is 16.5. The number of hydrogen-bond donors (Lipinski definition) is 1. The summed E-state index contributed by atoms with van der Waals surface area (Å²) in [6.45, 7) is 8.72. The van der Waals surface area contributed by atoms with E-state index in [1.807, 2.05) is 13.8 Å². The first-order chi connectivity index (χ1) is 7.26. The Labute approximate surface area is 93.6 Å². The van der Waals surface area contributed by atoms with Gasteiger partial charge in [-0.1, -0.05) is 20.8 Å². The molecule has 0 fully saturated rings. The van der Waals surface area contributed by atoms with E-state index in [9.17, 15) is 4.79 Å². The van der Waals surface area contributed by atoms with E-state index in [1.165, 1.54) is 0 Å². The SMILES string of the molecule is CCCNCCCOC(=O)C(CC)CC. The van der Waals surface area contributed by atoms with E-state index in [2.05, 4.69) is 12.2 Å². The van der Waals surface area contributed by atoms with Gasteiger partial charge in [0.2, 0.25) is 0 Å². The molecule has 0 amide bonds. The largest absolute Gasteiger partial charge is 0.465 e. The first-order valence-corrected chi connectivity index (χ1v) is 6.13. The van der Waals surface area contributed by atoms with Gasteiger partial charge < -0.3 is 10.1 Å². The van der Waals surface area contributed by atoms with Crippen molar-refractivity contribution in [2.75, 3.05) is 19.7 Å². The summed E-state index contributed by atoms with van der Waals surface area (Å²) in [6, 6.07) is 0. The molecule has 3 heteroatoms. The highest BCUT2D eigenvalue weighted by Crippen LogP contribution is 2.09. The molecule has 0 aromatic carbocycles. The average Bonchev–Trinajstić information content (AvgIpc) is 2.25. The van der Waals surface area contributed by atoms with Gasteiger partial charge in [0.05, 0.1) is 12.5 Å². The van der Waals surface area contributed by atoms with Crippen molar-refractivity contribution in [1.29, 1.82) is 0 Å². The summed E-state index contributed by atoms with van der Waals surface area (Å²) >= 11 is 0. The third-order valence-electron chi connectivity index (χ3n) is 2.49. The van der Waals surface area contributed by atoms with Crippen LogP contribution in [0.5, 0.6) is 0 Å². The van der Waals surface area contributed by atoms with E-state index in [-0.39, 0.29) is 11.9 Å². The molecule has 0 aromatic rings. The number of ether oxygens (including phenoxy) is 1. The number of carbonyl (C=O) groups is 1. The normalized spacial score (nSPS) is 10.7. The van der Waals surface area contributed by atoms with Gasteiger partial charge in [-0.2, -0.15) is 0 Å². The van der Waals surface area contributed by atoms with Crippen LogP contribution in [0.15, 0.2) is 0 Å². The van der Waals surface area contributed by atoms with Gasteiger partial charge in [0.15, 0.2) is 0 Å². The van der Waals surface area contributed by atoms with E-state index in [0.717, 1.165) is 38.8 Å². The topological polar surface area (TPSA) is 38.3 Å². The molecule has 0 spiro atoms. The molecule has 0 saturated carbocycles. The summed E-state index contributed by atoms with van der Waals surface area (Å²) in [7, 11) is 0. The second kappa shape index (κ2) is 9.97. The van der Waals surface area contributed by atoms with Gasteiger partial charge in [0.25, 0.3) is 0 Å². The smallest absolute Gasteiger partial charge is 0.308 e. The zero-order valence-electron chi connectivity index (χ0n) is 10.3. The number of carbonyl (C=O) groups excluding carboxylic acids is 1. The van der Waals surface area contributed by atoms with Crippen LogP contribution in [-0.2, 0) is 9.53 Å². The first-order valence-electron chi connectivity index (χ1n) is 6.13. The van der Waals surface area contributed by atoms with E-state index in [0.29, 0.717) is 6.61 Å². The summed E-state index contributed by atoms with van der Waals surface area (Å²) in [5.41, 5.74) is 0. The van der Waals surface area contributed by atoms with Crippen LogP contribution in [-0.4, -0.2) is 25.7 Å². The lowest BCUT2D eigenvalue weighted by atomic mass is 10.0. The Hall–Kier alpha value is -0.570. The Kier molecular flexibility index (Phi) is 9.59. The molecular weight excluding hydrogens is 190 g/mol. The maximum absolute atomic E-state index is 11.5. The third-order valence-corrected chi connectivity index (χ3v) is 2.49. The van der Waals surface area contributed by atoms with E-state index >= 15 is 0 Å². The third kappa shape index (κ3) is 7.37. The molecule has 0 rings (SSSR count). The van der Waals surface area contributed by atoms with Crippen LogP contribution in [0.1, 0.15) is 46.5 Å². The Morgan fingerprint density at radius 3 is 2.40 bits per heavy atom. The van der Waals surface area contributed by atoms with Crippen molar-refractivity contribution >= 4 is 5.97 Å². The van der Waals surface area contributed by atoms with Crippen molar-refractivity contribution in [2.24, 2.45) is 5.92 Å². The molecule has 0 radical (unpaired) electrons. The van der Waals surface area contributed by atoms with Gasteiger partial charge in [-0.25, -0.2) is 0 Å². The predicted octanol–water partition coefficient (Wildman–Crippen LogP) is 2.36. The molecule has 0 aliphatic rings. The molecular formula is C12H25NO2. The lowest BCUT2D eigenvalue weighted by Crippen LogP contribution is -2.21. The van der Waals surface area contributed by atoms with Crippen molar-refractivity contribution < 1.29 is 9.53 Å². The van der Waals surface area contributed by atoms with Crippen LogP contribution in [0.25, 0.3) is 0 Å². The van der Waals surface area contributed by atoms with Crippen molar-refractivity contribution in [3.8, 4) is 0 Å².